The van der Waals surface area contributed by atoms with Gasteiger partial charge in [-0.2, -0.15) is 0 Å². The molecule has 2 aliphatic carbocycles. The number of benzene rings is 1. The van der Waals surface area contributed by atoms with Crippen LogP contribution in [0.2, 0.25) is 0 Å². The van der Waals surface area contributed by atoms with Gasteiger partial charge in [-0.15, -0.1) is 0 Å². The first-order valence-corrected chi connectivity index (χ1v) is 12.1. The molecule has 3 atom stereocenters. The van der Waals surface area contributed by atoms with Gasteiger partial charge >= 0.3 is 0 Å². The fourth-order valence-corrected chi connectivity index (χ4v) is 6.03. The Morgan fingerprint density at radius 2 is 1.88 bits per heavy atom. The lowest BCUT2D eigenvalue weighted by Crippen LogP contribution is -2.54. The number of carbonyl (C=O) groups is 2. The van der Waals surface area contributed by atoms with Crippen molar-refractivity contribution in [2.24, 2.45) is 23.7 Å². The summed E-state index contributed by atoms with van der Waals surface area (Å²) in [5, 5.41) is 3.04. The summed E-state index contributed by atoms with van der Waals surface area (Å²) < 4.78 is 20.1. The average Bonchev–Trinajstić information content (AvgIpc) is 3.16. The number of hydrogen-bond donors (Lipinski definition) is 1. The molecule has 2 saturated heterocycles. The number of ether oxygens (including phenoxy) is 1. The molecule has 6 nitrogen and oxygen atoms in total. The van der Waals surface area contributed by atoms with Crippen LogP contribution in [0.1, 0.15) is 43.7 Å². The predicted molar refractivity (Wildman–Crippen MR) is 119 cm³/mol. The largest absolute Gasteiger partial charge is 0.381 e. The summed E-state index contributed by atoms with van der Waals surface area (Å²) in [6.45, 7) is 7.97. The molecule has 2 heterocycles. The van der Waals surface area contributed by atoms with Crippen LogP contribution >= 0.6 is 0 Å². The Bertz CT molecular complexity index is 891. The summed E-state index contributed by atoms with van der Waals surface area (Å²) in [7, 11) is 0. The second kappa shape index (κ2) is 8.75. The third-order valence-electron chi connectivity index (χ3n) is 8.13. The Kier molecular flexibility index (Phi) is 5.97. The number of amides is 2. The van der Waals surface area contributed by atoms with E-state index in [9.17, 15) is 14.0 Å². The van der Waals surface area contributed by atoms with E-state index < -0.39 is 0 Å². The summed E-state index contributed by atoms with van der Waals surface area (Å²) in [5.41, 5.74) is 2.11. The standard InChI is InChI=1S/C25H34FN3O3/c1-15-11-28(9-10-29(15)25(31)17-5-3-4-6-17)12-18-16(2)22(8-7-21(18)26)27-24(30)23-19-13-32-14-20(19)23/h7-8,15,17,19-20,23H,3-6,9-14H2,1-2H3,(H,27,30)/t15-,19?,20?,23?/m0/s1. The van der Waals surface area contributed by atoms with Crippen molar-refractivity contribution >= 4 is 17.5 Å². The number of halogens is 1. The average molecular weight is 444 g/mol. The van der Waals surface area contributed by atoms with Gasteiger partial charge in [-0.25, -0.2) is 4.39 Å². The van der Waals surface area contributed by atoms with E-state index in [1.165, 1.54) is 6.07 Å². The Hall–Kier alpha value is -1.99. The van der Waals surface area contributed by atoms with Crippen LogP contribution in [-0.2, 0) is 20.9 Å². The molecule has 0 aromatic heterocycles. The minimum atomic E-state index is -0.241. The highest BCUT2D eigenvalue weighted by Crippen LogP contribution is 2.51. The number of piperazine rings is 1. The zero-order valence-corrected chi connectivity index (χ0v) is 19.1. The van der Waals surface area contributed by atoms with Gasteiger partial charge in [0.25, 0.3) is 0 Å². The van der Waals surface area contributed by atoms with Crippen LogP contribution in [0.4, 0.5) is 10.1 Å². The molecule has 2 saturated carbocycles. The zero-order valence-electron chi connectivity index (χ0n) is 19.1. The van der Waals surface area contributed by atoms with Crippen molar-refractivity contribution in [3.63, 3.8) is 0 Å². The first-order chi connectivity index (χ1) is 15.4. The van der Waals surface area contributed by atoms with Crippen molar-refractivity contribution in [2.75, 3.05) is 38.2 Å². The number of nitrogens with zero attached hydrogens (tertiary/aromatic N) is 2. The molecule has 7 heteroatoms. The van der Waals surface area contributed by atoms with Gasteiger partial charge in [0.2, 0.25) is 11.8 Å². The normalized spacial score (nSPS) is 30.4. The van der Waals surface area contributed by atoms with Gasteiger partial charge < -0.3 is 15.0 Å². The summed E-state index contributed by atoms with van der Waals surface area (Å²) >= 11 is 0. The van der Waals surface area contributed by atoms with E-state index in [1.807, 2.05) is 11.8 Å². The number of fused-ring (bicyclic) bond motifs is 1. The topological polar surface area (TPSA) is 61.9 Å². The highest BCUT2D eigenvalue weighted by Gasteiger charge is 2.58. The lowest BCUT2D eigenvalue weighted by atomic mass is 10.0. The van der Waals surface area contributed by atoms with Crippen molar-refractivity contribution in [1.29, 1.82) is 0 Å². The molecule has 1 N–H and O–H groups in total. The minimum absolute atomic E-state index is 0.0246. The van der Waals surface area contributed by atoms with Crippen LogP contribution in [0.15, 0.2) is 12.1 Å². The lowest BCUT2D eigenvalue weighted by Gasteiger charge is -2.41. The van der Waals surface area contributed by atoms with Gasteiger partial charge in [-0.05, 0) is 56.2 Å². The van der Waals surface area contributed by atoms with Crippen molar-refractivity contribution in [3.8, 4) is 0 Å². The third-order valence-corrected chi connectivity index (χ3v) is 8.13. The van der Waals surface area contributed by atoms with Crippen molar-refractivity contribution in [2.45, 2.75) is 52.1 Å². The van der Waals surface area contributed by atoms with E-state index in [-0.39, 0.29) is 29.6 Å². The predicted octanol–water partition coefficient (Wildman–Crippen LogP) is 3.19. The Balaban J connectivity index is 1.22. The molecular weight excluding hydrogens is 409 g/mol. The van der Waals surface area contributed by atoms with Crippen LogP contribution in [0.5, 0.6) is 0 Å². The molecule has 5 rings (SSSR count). The quantitative estimate of drug-likeness (QED) is 0.759. The summed E-state index contributed by atoms with van der Waals surface area (Å²) in [4.78, 5) is 29.8. The molecule has 4 fully saturated rings. The first kappa shape index (κ1) is 21.8. The molecule has 2 aliphatic heterocycles. The molecule has 32 heavy (non-hydrogen) atoms. The maximum absolute atomic E-state index is 14.8. The minimum Gasteiger partial charge on any atom is -0.381 e. The van der Waals surface area contributed by atoms with Crippen LogP contribution < -0.4 is 5.32 Å². The zero-order chi connectivity index (χ0) is 22.4. The van der Waals surface area contributed by atoms with Gasteiger partial charge in [0.1, 0.15) is 5.82 Å². The SMILES string of the molecule is Cc1c(NC(=O)C2C3COCC32)ccc(F)c1CN1CCN(C(=O)C2CCCC2)[C@@H](C)C1. The summed E-state index contributed by atoms with van der Waals surface area (Å²) in [6, 6.07) is 3.25. The molecular formula is C25H34FN3O3. The fraction of sp³-hybridized carbons (Fsp3) is 0.680. The molecule has 174 valence electrons. The van der Waals surface area contributed by atoms with Crippen LogP contribution in [0, 0.1) is 36.4 Å². The first-order valence-electron chi connectivity index (χ1n) is 12.1. The number of rotatable bonds is 5. The molecule has 2 amide bonds. The Morgan fingerprint density at radius 3 is 2.56 bits per heavy atom. The number of nitrogens with one attached hydrogen (secondary N) is 1. The number of carbonyl (C=O) groups excluding carboxylic acids is 2. The highest BCUT2D eigenvalue weighted by atomic mass is 19.1. The number of hydrogen-bond acceptors (Lipinski definition) is 4. The molecule has 0 spiro atoms. The van der Waals surface area contributed by atoms with E-state index in [0.717, 1.165) is 44.3 Å². The van der Waals surface area contributed by atoms with Gasteiger partial charge in [0.05, 0.1) is 13.2 Å². The van der Waals surface area contributed by atoms with Crippen LogP contribution in [0.3, 0.4) is 0 Å². The monoisotopic (exact) mass is 443 g/mol. The van der Waals surface area contributed by atoms with Crippen molar-refractivity contribution in [3.05, 3.63) is 29.1 Å². The fourth-order valence-electron chi connectivity index (χ4n) is 6.03. The van der Waals surface area contributed by atoms with Crippen molar-refractivity contribution in [1.82, 2.24) is 9.80 Å². The second-order valence-corrected chi connectivity index (χ2v) is 10.2. The van der Waals surface area contributed by atoms with Gasteiger partial charge in [-0.1, -0.05) is 12.8 Å². The van der Waals surface area contributed by atoms with E-state index in [2.05, 4.69) is 17.1 Å². The lowest BCUT2D eigenvalue weighted by molar-refractivity contribution is -0.140. The number of anilines is 1. The Labute approximate surface area is 189 Å². The van der Waals surface area contributed by atoms with Gasteiger partial charge in [0.15, 0.2) is 0 Å². The van der Waals surface area contributed by atoms with Gasteiger partial charge in [0, 0.05) is 55.3 Å². The van der Waals surface area contributed by atoms with Crippen LogP contribution in [0.25, 0.3) is 0 Å². The van der Waals surface area contributed by atoms with E-state index in [0.29, 0.717) is 55.3 Å². The highest BCUT2D eigenvalue weighted by molar-refractivity contribution is 5.95. The smallest absolute Gasteiger partial charge is 0.228 e. The molecule has 0 bridgehead atoms. The van der Waals surface area contributed by atoms with E-state index >= 15 is 0 Å². The second-order valence-electron chi connectivity index (χ2n) is 10.2. The summed E-state index contributed by atoms with van der Waals surface area (Å²) in [5.74, 6) is 1.01. The molecule has 0 radical (unpaired) electrons. The molecule has 2 unspecified atom stereocenters. The Morgan fingerprint density at radius 1 is 1.16 bits per heavy atom. The van der Waals surface area contributed by atoms with E-state index in [4.69, 9.17) is 4.74 Å². The van der Waals surface area contributed by atoms with Gasteiger partial charge in [-0.3, -0.25) is 14.5 Å². The molecule has 1 aromatic carbocycles. The molecule has 1 aromatic rings. The van der Waals surface area contributed by atoms with Crippen molar-refractivity contribution < 1.29 is 18.7 Å². The summed E-state index contributed by atoms with van der Waals surface area (Å²) in [6.07, 6.45) is 4.35. The maximum Gasteiger partial charge on any atom is 0.228 e. The van der Waals surface area contributed by atoms with E-state index in [1.54, 1.807) is 6.07 Å². The maximum atomic E-state index is 14.8. The third kappa shape index (κ3) is 4.05. The molecule has 4 aliphatic rings. The van der Waals surface area contributed by atoms with Crippen LogP contribution in [-0.4, -0.2) is 60.5 Å².